The number of nitrogens with one attached hydrogen (secondary N) is 1. The number of anilines is 1. The van der Waals surface area contributed by atoms with Crippen LogP contribution in [0.4, 0.5) is 11.4 Å². The van der Waals surface area contributed by atoms with E-state index in [1.54, 1.807) is 42.6 Å². The molecule has 0 unspecified atom stereocenters. The van der Waals surface area contributed by atoms with Crippen molar-refractivity contribution in [2.24, 2.45) is 0 Å². The summed E-state index contributed by atoms with van der Waals surface area (Å²) in [4.78, 5) is 27.3. The lowest BCUT2D eigenvalue weighted by molar-refractivity contribution is -0.384. The van der Waals surface area contributed by atoms with Crippen LogP contribution in [0, 0.1) is 10.1 Å². The first-order valence-corrected chi connectivity index (χ1v) is 7.26. The standard InChI is InChI=1S/C16H11ClN4O3/c17-11-4-6-12(7-5-11)19-16(22)13-2-1-3-14(15(13)21(23)24)20-9-8-18-10-20/h1-10H,(H,19,22). The van der Waals surface area contributed by atoms with Crippen molar-refractivity contribution in [1.29, 1.82) is 0 Å². The molecule has 0 saturated carbocycles. The molecule has 0 atom stereocenters. The number of hydrogen-bond acceptors (Lipinski definition) is 4. The van der Waals surface area contributed by atoms with Gasteiger partial charge in [-0.15, -0.1) is 0 Å². The van der Waals surface area contributed by atoms with E-state index in [1.807, 2.05) is 0 Å². The number of nitro groups is 1. The molecule has 0 fully saturated rings. The first kappa shape index (κ1) is 15.7. The molecule has 1 amide bonds. The molecule has 0 aliphatic rings. The fourth-order valence-electron chi connectivity index (χ4n) is 2.25. The van der Waals surface area contributed by atoms with Gasteiger partial charge in [-0.3, -0.25) is 14.9 Å². The van der Waals surface area contributed by atoms with Gasteiger partial charge in [0.1, 0.15) is 11.3 Å². The van der Waals surface area contributed by atoms with Crippen LogP contribution in [0.1, 0.15) is 10.4 Å². The molecule has 24 heavy (non-hydrogen) atoms. The second kappa shape index (κ2) is 6.51. The zero-order valence-electron chi connectivity index (χ0n) is 12.2. The molecule has 3 rings (SSSR count). The maximum Gasteiger partial charge on any atom is 0.305 e. The van der Waals surface area contributed by atoms with E-state index in [0.29, 0.717) is 10.7 Å². The van der Waals surface area contributed by atoms with E-state index in [1.165, 1.54) is 23.2 Å². The lowest BCUT2D eigenvalue weighted by Gasteiger charge is -2.09. The third-order valence-electron chi connectivity index (χ3n) is 3.33. The van der Waals surface area contributed by atoms with Gasteiger partial charge in [-0.05, 0) is 36.4 Å². The minimum atomic E-state index is -0.578. The molecule has 0 bridgehead atoms. The number of imidazole rings is 1. The fraction of sp³-hybridized carbons (Fsp3) is 0. The highest BCUT2D eigenvalue weighted by Crippen LogP contribution is 2.28. The first-order valence-electron chi connectivity index (χ1n) is 6.89. The molecule has 2 aromatic carbocycles. The molecule has 1 aromatic heterocycles. The Kier molecular flexibility index (Phi) is 4.26. The van der Waals surface area contributed by atoms with Crippen molar-refractivity contribution in [1.82, 2.24) is 9.55 Å². The Morgan fingerprint density at radius 2 is 1.96 bits per heavy atom. The SMILES string of the molecule is O=C(Nc1ccc(Cl)cc1)c1cccc(-n2ccnc2)c1[N+](=O)[O-]. The topological polar surface area (TPSA) is 90.1 Å². The third kappa shape index (κ3) is 3.11. The van der Waals surface area contributed by atoms with Crippen molar-refractivity contribution in [2.45, 2.75) is 0 Å². The maximum atomic E-state index is 12.5. The lowest BCUT2D eigenvalue weighted by Crippen LogP contribution is -2.15. The summed E-state index contributed by atoms with van der Waals surface area (Å²) in [7, 11) is 0. The molecule has 8 heteroatoms. The zero-order valence-corrected chi connectivity index (χ0v) is 13.0. The van der Waals surface area contributed by atoms with Crippen molar-refractivity contribution in [2.75, 3.05) is 5.32 Å². The van der Waals surface area contributed by atoms with E-state index >= 15 is 0 Å². The molecule has 0 aliphatic carbocycles. The van der Waals surface area contributed by atoms with Gasteiger partial charge in [0.25, 0.3) is 5.91 Å². The second-order valence-electron chi connectivity index (χ2n) is 4.86. The van der Waals surface area contributed by atoms with Gasteiger partial charge in [0.2, 0.25) is 0 Å². The number of nitro benzene ring substituents is 1. The Hall–Kier alpha value is -3.19. The van der Waals surface area contributed by atoms with Gasteiger partial charge in [0.05, 0.1) is 11.3 Å². The predicted molar refractivity (Wildman–Crippen MR) is 89.6 cm³/mol. The number of nitrogens with zero attached hydrogens (tertiary/aromatic N) is 3. The molecule has 1 N–H and O–H groups in total. The van der Waals surface area contributed by atoms with Crippen LogP contribution in [0.25, 0.3) is 5.69 Å². The summed E-state index contributed by atoms with van der Waals surface area (Å²) in [6, 6.07) is 11.0. The monoisotopic (exact) mass is 342 g/mol. The number of amides is 1. The molecule has 7 nitrogen and oxygen atoms in total. The molecule has 120 valence electrons. The molecule has 0 aliphatic heterocycles. The minimum absolute atomic E-state index is 0.0406. The molecule has 0 radical (unpaired) electrons. The Morgan fingerprint density at radius 1 is 1.21 bits per heavy atom. The van der Waals surface area contributed by atoms with Crippen LogP contribution >= 0.6 is 11.6 Å². The summed E-state index contributed by atoms with van der Waals surface area (Å²) < 4.78 is 1.48. The average Bonchev–Trinajstić information content (AvgIpc) is 3.10. The Bertz CT molecular complexity index is 892. The number of halogens is 1. The number of carbonyl (C=O) groups excluding carboxylic acids is 1. The van der Waals surface area contributed by atoms with Crippen molar-refractivity contribution in [3.8, 4) is 5.69 Å². The smallest absolute Gasteiger partial charge is 0.305 e. The van der Waals surface area contributed by atoms with Crippen LogP contribution in [-0.4, -0.2) is 20.4 Å². The summed E-state index contributed by atoms with van der Waals surface area (Å²) >= 11 is 5.80. The van der Waals surface area contributed by atoms with Crippen molar-refractivity contribution < 1.29 is 9.72 Å². The summed E-state index contributed by atoms with van der Waals surface area (Å²) in [5.41, 5.74) is 0.427. The quantitative estimate of drug-likeness (QED) is 0.578. The summed E-state index contributed by atoms with van der Waals surface area (Å²) in [5.74, 6) is -0.578. The number of carbonyl (C=O) groups is 1. The highest BCUT2D eigenvalue weighted by molar-refractivity contribution is 6.30. The minimum Gasteiger partial charge on any atom is -0.322 e. The van der Waals surface area contributed by atoms with E-state index in [4.69, 9.17) is 11.6 Å². The summed E-state index contributed by atoms with van der Waals surface area (Å²) in [5, 5.41) is 14.7. The number of para-hydroxylation sites is 1. The van der Waals surface area contributed by atoms with Gasteiger partial charge in [-0.1, -0.05) is 17.7 Å². The maximum absolute atomic E-state index is 12.5. The Labute approximate surface area is 141 Å². The molecule has 3 aromatic rings. The third-order valence-corrected chi connectivity index (χ3v) is 3.58. The van der Waals surface area contributed by atoms with E-state index in [-0.39, 0.29) is 16.9 Å². The Balaban J connectivity index is 2.01. The Morgan fingerprint density at radius 3 is 2.58 bits per heavy atom. The van der Waals surface area contributed by atoms with Crippen LogP contribution in [0.3, 0.4) is 0 Å². The van der Waals surface area contributed by atoms with Gasteiger partial charge in [0.15, 0.2) is 0 Å². The molecule has 0 saturated heterocycles. The highest BCUT2D eigenvalue weighted by atomic mass is 35.5. The molecular formula is C16H11ClN4O3. The lowest BCUT2D eigenvalue weighted by atomic mass is 10.1. The first-order chi connectivity index (χ1) is 11.6. The van der Waals surface area contributed by atoms with E-state index in [9.17, 15) is 14.9 Å². The van der Waals surface area contributed by atoms with Crippen LogP contribution < -0.4 is 5.32 Å². The van der Waals surface area contributed by atoms with Gasteiger partial charge in [-0.25, -0.2) is 4.98 Å². The summed E-state index contributed by atoms with van der Waals surface area (Å²) in [6.07, 6.45) is 4.51. The van der Waals surface area contributed by atoms with E-state index in [0.717, 1.165) is 0 Å². The van der Waals surface area contributed by atoms with Gasteiger partial charge in [0, 0.05) is 23.1 Å². The van der Waals surface area contributed by atoms with Gasteiger partial charge >= 0.3 is 5.69 Å². The van der Waals surface area contributed by atoms with Gasteiger partial charge in [-0.2, -0.15) is 0 Å². The fourth-order valence-corrected chi connectivity index (χ4v) is 2.37. The van der Waals surface area contributed by atoms with Crippen LogP contribution in [-0.2, 0) is 0 Å². The number of rotatable bonds is 4. The van der Waals surface area contributed by atoms with Crippen LogP contribution in [0.2, 0.25) is 5.02 Å². The zero-order chi connectivity index (χ0) is 17.1. The van der Waals surface area contributed by atoms with Gasteiger partial charge < -0.3 is 9.88 Å². The largest absolute Gasteiger partial charge is 0.322 e. The average molecular weight is 343 g/mol. The number of benzene rings is 2. The highest BCUT2D eigenvalue weighted by Gasteiger charge is 2.25. The van der Waals surface area contributed by atoms with Crippen molar-refractivity contribution >= 4 is 28.9 Å². The van der Waals surface area contributed by atoms with Crippen molar-refractivity contribution in [3.63, 3.8) is 0 Å². The van der Waals surface area contributed by atoms with Crippen LogP contribution in [0.5, 0.6) is 0 Å². The van der Waals surface area contributed by atoms with Crippen molar-refractivity contribution in [3.05, 3.63) is 81.9 Å². The normalized spacial score (nSPS) is 10.4. The summed E-state index contributed by atoms with van der Waals surface area (Å²) in [6.45, 7) is 0. The van der Waals surface area contributed by atoms with E-state index in [2.05, 4.69) is 10.3 Å². The number of aromatic nitrogens is 2. The second-order valence-corrected chi connectivity index (χ2v) is 5.30. The molecular weight excluding hydrogens is 332 g/mol. The molecule has 0 spiro atoms. The molecule has 1 heterocycles. The van der Waals surface area contributed by atoms with Crippen LogP contribution in [0.15, 0.2) is 61.2 Å². The van der Waals surface area contributed by atoms with E-state index < -0.39 is 10.8 Å². The number of hydrogen-bond donors (Lipinski definition) is 1. The predicted octanol–water partition coefficient (Wildman–Crippen LogP) is 3.69.